The third kappa shape index (κ3) is 4.00. The van der Waals surface area contributed by atoms with Gasteiger partial charge in [0.15, 0.2) is 5.70 Å². The van der Waals surface area contributed by atoms with E-state index in [1.165, 1.54) is 13.0 Å². The van der Waals surface area contributed by atoms with Gasteiger partial charge in [-0.05, 0) is 48.5 Å². The van der Waals surface area contributed by atoms with Crippen LogP contribution in [0.4, 0.5) is 0 Å². The van der Waals surface area contributed by atoms with E-state index in [-0.39, 0.29) is 11.6 Å². The van der Waals surface area contributed by atoms with E-state index in [1.54, 1.807) is 49.6 Å². The number of esters is 2. The number of methoxy groups -OCH3 is 1. The van der Waals surface area contributed by atoms with Crippen LogP contribution in [0, 0.1) is 0 Å². The Balaban J connectivity index is 1.95. The number of nitrogens with zero attached hydrogens (tertiary/aromatic N) is 1. The number of aliphatic imine (C=N–C) groups is 1. The Morgan fingerprint density at radius 2 is 1.92 bits per heavy atom. The summed E-state index contributed by atoms with van der Waals surface area (Å²) in [4.78, 5) is 27.7. The molecule has 132 valence electrons. The second-order valence-electron chi connectivity index (χ2n) is 5.34. The predicted octanol–water partition coefficient (Wildman–Crippen LogP) is 3.73. The Morgan fingerprint density at radius 1 is 1.19 bits per heavy atom. The van der Waals surface area contributed by atoms with E-state index in [0.29, 0.717) is 22.6 Å². The molecule has 0 atom stereocenters. The first kappa shape index (κ1) is 17.9. The van der Waals surface area contributed by atoms with Gasteiger partial charge in [0.25, 0.3) is 0 Å². The maximum Gasteiger partial charge on any atom is 0.363 e. The molecule has 26 heavy (non-hydrogen) atoms. The molecular formula is C19H14BrNO5. The van der Waals surface area contributed by atoms with Crippen LogP contribution in [0.3, 0.4) is 0 Å². The molecule has 0 unspecified atom stereocenters. The summed E-state index contributed by atoms with van der Waals surface area (Å²) in [7, 11) is 1.57. The van der Waals surface area contributed by atoms with Gasteiger partial charge in [-0.15, -0.1) is 0 Å². The second kappa shape index (κ2) is 7.53. The molecule has 1 heterocycles. The smallest absolute Gasteiger partial charge is 0.363 e. The van der Waals surface area contributed by atoms with E-state index in [1.807, 2.05) is 0 Å². The fourth-order valence-electron chi connectivity index (χ4n) is 2.29. The van der Waals surface area contributed by atoms with Gasteiger partial charge < -0.3 is 14.2 Å². The van der Waals surface area contributed by atoms with Crippen molar-refractivity contribution in [1.82, 2.24) is 0 Å². The van der Waals surface area contributed by atoms with Crippen LogP contribution in [0.1, 0.15) is 18.1 Å². The van der Waals surface area contributed by atoms with Crippen molar-refractivity contribution < 1.29 is 23.8 Å². The Bertz CT molecular complexity index is 931. The minimum Gasteiger partial charge on any atom is -0.497 e. The van der Waals surface area contributed by atoms with E-state index >= 15 is 0 Å². The number of benzene rings is 2. The van der Waals surface area contributed by atoms with Gasteiger partial charge in [0.2, 0.25) is 5.90 Å². The van der Waals surface area contributed by atoms with Gasteiger partial charge in [-0.2, -0.15) is 0 Å². The van der Waals surface area contributed by atoms with Crippen LogP contribution in [0.2, 0.25) is 0 Å². The monoisotopic (exact) mass is 415 g/mol. The fourth-order valence-corrected chi connectivity index (χ4v) is 2.67. The first-order valence-corrected chi connectivity index (χ1v) is 8.40. The molecule has 7 heteroatoms. The first-order chi connectivity index (χ1) is 12.5. The normalized spacial score (nSPS) is 14.8. The predicted molar refractivity (Wildman–Crippen MR) is 99.1 cm³/mol. The van der Waals surface area contributed by atoms with Gasteiger partial charge in [0, 0.05) is 22.5 Å². The van der Waals surface area contributed by atoms with Crippen molar-refractivity contribution in [2.75, 3.05) is 7.11 Å². The zero-order chi connectivity index (χ0) is 18.7. The highest BCUT2D eigenvalue weighted by Gasteiger charge is 2.24. The summed E-state index contributed by atoms with van der Waals surface area (Å²) >= 11 is 3.36. The molecule has 0 aliphatic carbocycles. The average Bonchev–Trinajstić information content (AvgIpc) is 2.98. The number of ether oxygens (including phenoxy) is 3. The molecular weight excluding hydrogens is 402 g/mol. The molecule has 6 nitrogen and oxygen atoms in total. The van der Waals surface area contributed by atoms with Crippen molar-refractivity contribution in [2.24, 2.45) is 4.99 Å². The largest absolute Gasteiger partial charge is 0.497 e. The molecule has 0 aromatic heterocycles. The summed E-state index contributed by atoms with van der Waals surface area (Å²) in [5, 5.41) is 0. The van der Waals surface area contributed by atoms with Crippen LogP contribution >= 0.6 is 15.9 Å². The molecule has 0 amide bonds. The molecule has 0 saturated heterocycles. The lowest BCUT2D eigenvalue weighted by Gasteiger charge is -2.06. The average molecular weight is 416 g/mol. The van der Waals surface area contributed by atoms with Crippen LogP contribution < -0.4 is 9.47 Å². The summed E-state index contributed by atoms with van der Waals surface area (Å²) in [6.45, 7) is 1.31. The Kier molecular flexibility index (Phi) is 5.18. The van der Waals surface area contributed by atoms with E-state index in [0.717, 1.165) is 4.47 Å². The quantitative estimate of drug-likeness (QED) is 0.432. The van der Waals surface area contributed by atoms with Gasteiger partial charge >= 0.3 is 11.9 Å². The maximum absolute atomic E-state index is 12.2. The number of rotatable bonds is 4. The molecule has 1 aliphatic rings. The van der Waals surface area contributed by atoms with Crippen molar-refractivity contribution in [1.29, 1.82) is 0 Å². The number of halogens is 1. The van der Waals surface area contributed by atoms with Crippen molar-refractivity contribution in [3.05, 3.63) is 63.8 Å². The van der Waals surface area contributed by atoms with Gasteiger partial charge in [0.1, 0.15) is 11.5 Å². The molecule has 2 aromatic rings. The molecule has 3 rings (SSSR count). The summed E-state index contributed by atoms with van der Waals surface area (Å²) in [6, 6.07) is 12.1. The van der Waals surface area contributed by atoms with Crippen LogP contribution in [-0.4, -0.2) is 24.9 Å². The summed E-state index contributed by atoms with van der Waals surface area (Å²) < 4.78 is 16.3. The molecule has 0 spiro atoms. The number of cyclic esters (lactones) is 1. The van der Waals surface area contributed by atoms with Crippen molar-refractivity contribution >= 4 is 39.8 Å². The summed E-state index contributed by atoms with van der Waals surface area (Å²) in [6.07, 6.45) is 1.52. The standard InChI is InChI=1S/C19H14BrNO5/c1-11(22)25-17-8-5-14(20)9-13(17)10-16-19(23)26-18(21-16)12-3-6-15(24-2)7-4-12/h3-10H,1-2H3/b16-10-. The molecule has 0 N–H and O–H groups in total. The molecule has 0 saturated carbocycles. The lowest BCUT2D eigenvalue weighted by Crippen LogP contribution is -2.05. The van der Waals surface area contributed by atoms with Crippen LogP contribution in [0.5, 0.6) is 11.5 Å². The Hall–Kier alpha value is -2.93. The van der Waals surface area contributed by atoms with Crippen LogP contribution in [0.25, 0.3) is 6.08 Å². The van der Waals surface area contributed by atoms with Gasteiger partial charge in [-0.3, -0.25) is 4.79 Å². The SMILES string of the molecule is COc1ccc(C2=N/C(=C\c3cc(Br)ccc3OC(C)=O)C(=O)O2)cc1. The molecule has 1 aliphatic heterocycles. The highest BCUT2D eigenvalue weighted by molar-refractivity contribution is 9.10. The van der Waals surface area contributed by atoms with Gasteiger partial charge in [0.05, 0.1) is 7.11 Å². The van der Waals surface area contributed by atoms with Crippen molar-refractivity contribution in [2.45, 2.75) is 6.92 Å². The zero-order valence-electron chi connectivity index (χ0n) is 14.0. The molecule has 0 radical (unpaired) electrons. The minimum atomic E-state index is -0.579. The number of hydrogen-bond donors (Lipinski definition) is 0. The lowest BCUT2D eigenvalue weighted by molar-refractivity contribution is -0.132. The zero-order valence-corrected chi connectivity index (χ0v) is 15.6. The van der Waals surface area contributed by atoms with Crippen LogP contribution in [-0.2, 0) is 14.3 Å². The highest BCUT2D eigenvalue weighted by Crippen LogP contribution is 2.28. The second-order valence-corrected chi connectivity index (χ2v) is 6.26. The third-order valence-electron chi connectivity index (χ3n) is 3.48. The maximum atomic E-state index is 12.2. The molecule has 2 aromatic carbocycles. The topological polar surface area (TPSA) is 74.2 Å². The first-order valence-electron chi connectivity index (χ1n) is 7.61. The van der Waals surface area contributed by atoms with E-state index < -0.39 is 11.9 Å². The number of carbonyl (C=O) groups is 2. The van der Waals surface area contributed by atoms with E-state index in [4.69, 9.17) is 14.2 Å². The number of hydrogen-bond acceptors (Lipinski definition) is 6. The molecule has 0 bridgehead atoms. The van der Waals surface area contributed by atoms with E-state index in [2.05, 4.69) is 20.9 Å². The lowest BCUT2D eigenvalue weighted by atomic mass is 10.1. The molecule has 0 fully saturated rings. The Morgan fingerprint density at radius 3 is 2.58 bits per heavy atom. The summed E-state index contributed by atoms with van der Waals surface area (Å²) in [5.41, 5.74) is 1.29. The summed E-state index contributed by atoms with van der Waals surface area (Å²) in [5.74, 6) is 0.185. The van der Waals surface area contributed by atoms with Crippen molar-refractivity contribution in [3.8, 4) is 11.5 Å². The van der Waals surface area contributed by atoms with Gasteiger partial charge in [-0.25, -0.2) is 9.79 Å². The van der Waals surface area contributed by atoms with Gasteiger partial charge in [-0.1, -0.05) is 15.9 Å². The third-order valence-corrected chi connectivity index (χ3v) is 3.97. The van der Waals surface area contributed by atoms with Crippen molar-refractivity contribution in [3.63, 3.8) is 0 Å². The van der Waals surface area contributed by atoms with E-state index in [9.17, 15) is 9.59 Å². The minimum absolute atomic E-state index is 0.113. The fraction of sp³-hybridized carbons (Fsp3) is 0.105. The van der Waals surface area contributed by atoms with Crippen LogP contribution in [0.15, 0.2) is 57.6 Å². The number of carbonyl (C=O) groups excluding carboxylic acids is 2. The highest BCUT2D eigenvalue weighted by atomic mass is 79.9. The Labute approximate surface area is 158 Å².